The number of aryl methyl sites for hydroxylation is 2. The molecule has 2 saturated carbocycles. The van der Waals surface area contributed by atoms with Crippen LogP contribution in [0.3, 0.4) is 0 Å². The van der Waals surface area contributed by atoms with Crippen molar-refractivity contribution in [1.82, 2.24) is 30.4 Å². The summed E-state index contributed by atoms with van der Waals surface area (Å²) >= 11 is 0. The van der Waals surface area contributed by atoms with Crippen LogP contribution in [0.1, 0.15) is 175 Å². The number of benzene rings is 4. The number of rotatable bonds is 9. The topological polar surface area (TPSA) is 289 Å². The number of para-hydroxylation sites is 2. The van der Waals surface area contributed by atoms with E-state index in [9.17, 15) is 52.2 Å². The number of hydrogen-bond acceptors (Lipinski definition) is 16. The smallest absolute Gasteiger partial charge is 0.870 e. The van der Waals surface area contributed by atoms with Crippen LogP contribution in [-0.2, 0) is 65.4 Å². The molecule has 8 heterocycles. The van der Waals surface area contributed by atoms with Gasteiger partial charge in [-0.2, -0.15) is 0 Å². The Morgan fingerprint density at radius 2 is 1.01 bits per heavy atom. The molecule has 6 aliphatic heterocycles. The first-order valence-electron chi connectivity index (χ1n) is 37.7. The Morgan fingerprint density at radius 1 is 0.583 bits per heavy atom. The molecule has 4 N–H and O–H groups in total. The third kappa shape index (κ3) is 17.2. The average Bonchev–Trinajstić information content (AvgIpc) is 1.20. The summed E-state index contributed by atoms with van der Waals surface area (Å²) in [5, 5.41) is 18.0. The Bertz CT molecular complexity index is 4520. The second kappa shape index (κ2) is 32.3. The van der Waals surface area contributed by atoms with Crippen LogP contribution >= 0.6 is 0 Å². The number of carbonyl (C=O) groups excluding carboxylic acids is 7. The molecule has 6 aromatic rings. The van der Waals surface area contributed by atoms with Crippen LogP contribution in [0.25, 0.3) is 44.3 Å². The number of ether oxygens (including phenoxy) is 5. The van der Waals surface area contributed by atoms with Crippen LogP contribution in [0.4, 0.5) is 8.78 Å². The molecule has 24 heteroatoms. The van der Waals surface area contributed by atoms with E-state index in [1.807, 2.05) is 66.8 Å². The molecule has 14 rings (SSSR count). The van der Waals surface area contributed by atoms with Gasteiger partial charge < -0.3 is 54.7 Å². The third-order valence-electron chi connectivity index (χ3n) is 22.1. The Kier molecular flexibility index (Phi) is 23.9. The second-order valence-electron chi connectivity index (χ2n) is 32.2. The van der Waals surface area contributed by atoms with Crippen LogP contribution in [-0.4, -0.2) is 143 Å². The predicted molar refractivity (Wildman–Crippen MR) is 394 cm³/mol. The van der Waals surface area contributed by atoms with Gasteiger partial charge in [-0.05, 0) is 162 Å². The summed E-state index contributed by atoms with van der Waals surface area (Å²) < 4.78 is 59.9. The Hall–Kier alpha value is -9.04. The standard InChI is InChI=1S/C43H50FN3O7.C41H46FN3O7.Li.H2O/c1-5-52-40(51)43-24-29(43)16-10-8-6-7-9-14-28(23-35(48)53-41(2,3)4)39(50)47-26-42(25-34(47)38(49)46-43)21-20-32-31-18-11-12-19-33(31)45-36(37(32)54-42)27-15-13-17-30(44)22-27;1-39(2,3)51-33(46)21-26-12-7-5-4-6-8-14-27-22-41(27,38(49)50)44-36(47)32-23-40(24-45(32)37(26)48)19-18-30-29-16-9-10-17-31(29)43-34(35(30)52-40)25-13-11-15-28(42)20-25;;/h10-13,15-19,22,28-29,34H,5-9,14,20-21,23-26H2,1-4H3,(H,46,49);8-11,13-17,20,26-27,32H,4-7,12,18-19,21-24H2,1-3H3,(H,44,47)(H,49,50);;1H2/q;;+1;/p-1/b16-10-;14-8-;;/t28-,29-,34+,42-,43-;26-,27-,32+,40-,41-;;/m11../s1. The fraction of sp³-hybridized carbons (Fsp3) is 0.500. The van der Waals surface area contributed by atoms with E-state index in [2.05, 4.69) is 16.7 Å². The quantitative estimate of drug-likeness (QED) is 0.0525. The zero-order valence-corrected chi connectivity index (χ0v) is 63.0. The molecule has 2 spiro atoms. The second-order valence-corrected chi connectivity index (χ2v) is 32.2. The number of aromatic nitrogens is 2. The van der Waals surface area contributed by atoms with Crippen molar-refractivity contribution in [3.63, 3.8) is 0 Å². The van der Waals surface area contributed by atoms with Crippen molar-refractivity contribution in [2.75, 3.05) is 19.7 Å². The molecule has 4 amide bonds. The number of esters is 3. The van der Waals surface area contributed by atoms with Crippen molar-refractivity contribution >= 4 is 69.3 Å². The minimum atomic E-state index is -1.46. The summed E-state index contributed by atoms with van der Waals surface area (Å²) in [4.78, 5) is 124. The average molecular weight is 1480 g/mol. The number of carbonyl (C=O) groups is 8. The fourth-order valence-electron chi connectivity index (χ4n) is 16.7. The number of nitrogens with zero attached hydrogens (tertiary/aromatic N) is 4. The molecule has 0 radical (unpaired) electrons. The van der Waals surface area contributed by atoms with E-state index in [-0.39, 0.29) is 99.8 Å². The van der Waals surface area contributed by atoms with E-state index in [4.69, 9.17) is 33.7 Å². The molecule has 8 aliphatic rings. The van der Waals surface area contributed by atoms with Crippen LogP contribution in [0.2, 0.25) is 0 Å². The maximum Gasteiger partial charge on any atom is 1.00 e. The molecule has 568 valence electrons. The van der Waals surface area contributed by atoms with Crippen molar-refractivity contribution < 1.29 is 100 Å². The van der Waals surface area contributed by atoms with Crippen molar-refractivity contribution in [2.24, 2.45) is 23.7 Å². The summed E-state index contributed by atoms with van der Waals surface area (Å²) in [6.45, 7) is 12.7. The SMILES string of the molecule is CC(C)(C)OC(=O)C[C@H]1CCCCC/C=C\[C@@H]2C[C@@]2(C(=O)O)NC(=O)[C@@H]2C[C@]3(CCc4c(c(-c5cccc(F)c5)nc5ccccc45)O3)CN2C1=O.CCOC(=O)[C@@]12C[C@H]1/C=C\CCCCC[C@H](CC(=O)OC(C)(C)C)C(=O)N1C[C@@]3(CCc4c(c(-c5cccc(F)c5)nc5ccccc45)O3)C[C@H]1C(=O)N2.[Li+].[OH-]. The molecule has 10 atom stereocenters. The molecule has 0 bridgehead atoms. The van der Waals surface area contributed by atoms with Crippen molar-refractivity contribution in [2.45, 2.75) is 222 Å². The summed E-state index contributed by atoms with van der Waals surface area (Å²) in [6, 6.07) is 25.8. The Balaban J connectivity index is 0.000000211. The van der Waals surface area contributed by atoms with Crippen LogP contribution < -0.4 is 39.0 Å². The minimum Gasteiger partial charge on any atom is -0.870 e. The normalized spacial score (nSPS) is 27.5. The summed E-state index contributed by atoms with van der Waals surface area (Å²) in [5.41, 5.74) is -0.793. The van der Waals surface area contributed by atoms with Gasteiger partial charge in [0.05, 0.1) is 43.6 Å². The van der Waals surface area contributed by atoms with Gasteiger partial charge in [0.2, 0.25) is 23.6 Å². The van der Waals surface area contributed by atoms with E-state index in [0.29, 0.717) is 85.4 Å². The summed E-state index contributed by atoms with van der Waals surface area (Å²) in [5.74, 6) is -6.18. The molecular weight excluding hydrogens is 1380 g/mol. The zero-order valence-electron chi connectivity index (χ0n) is 63.0. The molecular formula is C84H97F2LiN6O15. The van der Waals surface area contributed by atoms with Gasteiger partial charge in [-0.1, -0.05) is 111 Å². The fourth-order valence-corrected chi connectivity index (χ4v) is 16.7. The van der Waals surface area contributed by atoms with E-state index in [1.54, 1.807) is 77.6 Å². The van der Waals surface area contributed by atoms with Gasteiger partial charge in [0, 0.05) is 69.5 Å². The molecule has 0 unspecified atom stereocenters. The molecule has 2 aliphatic carbocycles. The van der Waals surface area contributed by atoms with Crippen LogP contribution in [0.15, 0.2) is 121 Å². The van der Waals surface area contributed by atoms with Gasteiger partial charge >= 0.3 is 42.7 Å². The largest absolute Gasteiger partial charge is 1.00 e. The number of aliphatic carboxylic acids is 1. The Labute approximate surface area is 640 Å². The molecule has 21 nitrogen and oxygen atoms in total. The van der Waals surface area contributed by atoms with E-state index >= 15 is 0 Å². The first kappa shape index (κ1) is 80.0. The first-order valence-corrected chi connectivity index (χ1v) is 37.7. The number of halogens is 2. The van der Waals surface area contributed by atoms with Crippen molar-refractivity contribution in [1.29, 1.82) is 0 Å². The summed E-state index contributed by atoms with van der Waals surface area (Å²) in [6.07, 6.45) is 17.9. The molecule has 2 saturated heterocycles. The molecule has 108 heavy (non-hydrogen) atoms. The number of fused-ring (bicyclic) bond motifs is 10. The van der Waals surface area contributed by atoms with Gasteiger partial charge in [-0.25, -0.2) is 28.3 Å². The zero-order chi connectivity index (χ0) is 75.1. The van der Waals surface area contributed by atoms with Gasteiger partial charge in [0.15, 0.2) is 0 Å². The van der Waals surface area contributed by atoms with Gasteiger partial charge in [0.25, 0.3) is 0 Å². The third-order valence-corrected chi connectivity index (χ3v) is 22.1. The Morgan fingerprint density at radius 3 is 1.44 bits per heavy atom. The number of hydrogen-bond donors (Lipinski definition) is 3. The van der Waals surface area contributed by atoms with Crippen molar-refractivity contribution in [3.05, 3.63) is 144 Å². The number of amides is 4. The van der Waals surface area contributed by atoms with E-state index in [0.717, 1.165) is 77.9 Å². The van der Waals surface area contributed by atoms with E-state index < -0.39 is 105 Å². The van der Waals surface area contributed by atoms with Gasteiger partial charge in [-0.3, -0.25) is 28.8 Å². The molecule has 2 aromatic heterocycles. The number of pyridine rings is 2. The van der Waals surface area contributed by atoms with Crippen molar-refractivity contribution in [3.8, 4) is 34.0 Å². The number of carboxylic acid groups (broad SMARTS) is 1. The molecule has 4 fully saturated rings. The van der Waals surface area contributed by atoms with Gasteiger partial charge in [0.1, 0.15) is 80.1 Å². The number of nitrogens with one attached hydrogen (secondary N) is 2. The number of allylic oxidation sites excluding steroid dienone is 2. The van der Waals surface area contributed by atoms with Crippen LogP contribution in [0.5, 0.6) is 11.5 Å². The van der Waals surface area contributed by atoms with E-state index in [1.165, 1.54) is 29.2 Å². The van der Waals surface area contributed by atoms with Gasteiger partial charge in [-0.15, -0.1) is 0 Å². The first-order chi connectivity index (χ1) is 50.6. The maximum atomic E-state index is 14.8. The molecule has 4 aromatic carbocycles. The number of carboxylic acids is 1. The minimum absolute atomic E-state index is 0. The maximum absolute atomic E-state index is 14.8. The predicted octanol–water partition coefficient (Wildman–Crippen LogP) is 10.4. The summed E-state index contributed by atoms with van der Waals surface area (Å²) in [7, 11) is 0. The monoisotopic (exact) mass is 1470 g/mol. The van der Waals surface area contributed by atoms with Crippen LogP contribution in [0, 0.1) is 35.3 Å².